The quantitative estimate of drug-likeness (QED) is 0.414. The molecule has 33 heavy (non-hydrogen) atoms. The SMILES string of the molecule is CC(=O)Nc1ccc(S(=O)(=O)Nc2nc3ccccc3nc2-n2cnc3ccccc32)cc1. The molecule has 0 aliphatic rings. The van der Waals surface area contributed by atoms with E-state index in [-0.39, 0.29) is 16.6 Å². The van der Waals surface area contributed by atoms with Crippen molar-refractivity contribution in [1.82, 2.24) is 19.5 Å². The van der Waals surface area contributed by atoms with Crippen molar-refractivity contribution < 1.29 is 13.2 Å². The summed E-state index contributed by atoms with van der Waals surface area (Å²) < 4.78 is 30.6. The van der Waals surface area contributed by atoms with E-state index in [1.54, 1.807) is 17.0 Å². The topological polar surface area (TPSA) is 119 Å². The summed E-state index contributed by atoms with van der Waals surface area (Å²) in [7, 11) is -3.99. The van der Waals surface area contributed by atoms with Crippen LogP contribution in [-0.4, -0.2) is 33.8 Å². The number of para-hydroxylation sites is 4. The van der Waals surface area contributed by atoms with Crippen molar-refractivity contribution in [2.45, 2.75) is 11.8 Å². The van der Waals surface area contributed by atoms with E-state index in [2.05, 4.69) is 25.0 Å². The highest BCUT2D eigenvalue weighted by atomic mass is 32.2. The first-order chi connectivity index (χ1) is 15.9. The van der Waals surface area contributed by atoms with Gasteiger partial charge < -0.3 is 5.32 Å². The zero-order chi connectivity index (χ0) is 23.0. The molecule has 2 heterocycles. The van der Waals surface area contributed by atoms with E-state index < -0.39 is 10.0 Å². The van der Waals surface area contributed by atoms with Crippen LogP contribution in [0.5, 0.6) is 0 Å². The molecule has 0 unspecified atom stereocenters. The monoisotopic (exact) mass is 458 g/mol. The van der Waals surface area contributed by atoms with E-state index in [9.17, 15) is 13.2 Å². The van der Waals surface area contributed by atoms with Gasteiger partial charge in [0.1, 0.15) is 6.33 Å². The number of hydrogen-bond donors (Lipinski definition) is 2. The first-order valence-electron chi connectivity index (χ1n) is 10.0. The fraction of sp³-hybridized carbons (Fsp3) is 0.0435. The summed E-state index contributed by atoms with van der Waals surface area (Å²) in [6.07, 6.45) is 1.59. The maximum Gasteiger partial charge on any atom is 0.263 e. The van der Waals surface area contributed by atoms with E-state index in [1.807, 2.05) is 42.5 Å². The Bertz CT molecular complexity index is 1610. The third-order valence-corrected chi connectivity index (χ3v) is 6.30. The summed E-state index contributed by atoms with van der Waals surface area (Å²) in [4.78, 5) is 24.9. The largest absolute Gasteiger partial charge is 0.326 e. The average molecular weight is 459 g/mol. The molecule has 2 aromatic heterocycles. The molecule has 5 rings (SSSR count). The average Bonchev–Trinajstić information content (AvgIpc) is 3.22. The molecule has 5 aromatic rings. The van der Waals surface area contributed by atoms with E-state index in [0.29, 0.717) is 22.5 Å². The molecule has 0 saturated carbocycles. The maximum atomic E-state index is 13.2. The number of anilines is 2. The Hall–Kier alpha value is -4.31. The van der Waals surface area contributed by atoms with Crippen LogP contribution in [0.4, 0.5) is 11.5 Å². The number of hydrogen-bond acceptors (Lipinski definition) is 6. The number of benzene rings is 3. The summed E-state index contributed by atoms with van der Waals surface area (Å²) in [6, 6.07) is 20.6. The van der Waals surface area contributed by atoms with Gasteiger partial charge in [0.05, 0.1) is 27.0 Å². The lowest BCUT2D eigenvalue weighted by atomic mass is 10.3. The minimum Gasteiger partial charge on any atom is -0.326 e. The molecule has 10 heteroatoms. The number of aromatic nitrogens is 4. The number of rotatable bonds is 5. The number of carbonyl (C=O) groups is 1. The van der Waals surface area contributed by atoms with Gasteiger partial charge in [-0.3, -0.25) is 14.1 Å². The molecule has 2 N–H and O–H groups in total. The molecule has 0 aliphatic heterocycles. The number of fused-ring (bicyclic) bond motifs is 2. The van der Waals surface area contributed by atoms with Gasteiger partial charge in [0.2, 0.25) is 5.91 Å². The molecule has 1 amide bonds. The lowest BCUT2D eigenvalue weighted by molar-refractivity contribution is -0.114. The van der Waals surface area contributed by atoms with Gasteiger partial charge >= 0.3 is 0 Å². The second-order valence-electron chi connectivity index (χ2n) is 7.30. The first-order valence-corrected chi connectivity index (χ1v) is 11.5. The molecule has 9 nitrogen and oxygen atoms in total. The molecule has 0 saturated heterocycles. The zero-order valence-corrected chi connectivity index (χ0v) is 18.2. The minimum atomic E-state index is -3.99. The molecule has 0 atom stereocenters. The third-order valence-electron chi connectivity index (χ3n) is 4.95. The van der Waals surface area contributed by atoms with Crippen LogP contribution in [-0.2, 0) is 14.8 Å². The summed E-state index contributed by atoms with van der Waals surface area (Å²) in [6.45, 7) is 1.38. The van der Waals surface area contributed by atoms with Gasteiger partial charge in [-0.2, -0.15) is 0 Å². The van der Waals surface area contributed by atoms with Crippen LogP contribution in [0.2, 0.25) is 0 Å². The Morgan fingerprint density at radius 1 is 0.848 bits per heavy atom. The molecule has 0 aliphatic carbocycles. The highest BCUT2D eigenvalue weighted by Gasteiger charge is 2.21. The van der Waals surface area contributed by atoms with Gasteiger partial charge in [0.25, 0.3) is 10.0 Å². The van der Waals surface area contributed by atoms with Crippen LogP contribution in [0.3, 0.4) is 0 Å². The van der Waals surface area contributed by atoms with Crippen molar-refractivity contribution in [3.63, 3.8) is 0 Å². The van der Waals surface area contributed by atoms with Crippen molar-refractivity contribution >= 4 is 49.5 Å². The van der Waals surface area contributed by atoms with Crippen molar-refractivity contribution in [3.05, 3.63) is 79.1 Å². The number of nitrogens with one attached hydrogen (secondary N) is 2. The van der Waals surface area contributed by atoms with Gasteiger partial charge in [-0.05, 0) is 48.5 Å². The molecule has 3 aromatic carbocycles. The zero-order valence-electron chi connectivity index (χ0n) is 17.4. The fourth-order valence-corrected chi connectivity index (χ4v) is 4.47. The summed E-state index contributed by atoms with van der Waals surface area (Å²) in [5.41, 5.74) is 3.17. The van der Waals surface area contributed by atoms with Gasteiger partial charge in [0, 0.05) is 12.6 Å². The van der Waals surface area contributed by atoms with Gasteiger partial charge in [-0.25, -0.2) is 23.4 Å². The Labute approximate surface area is 189 Å². The summed E-state index contributed by atoms with van der Waals surface area (Å²) in [5.74, 6) is 0.135. The van der Waals surface area contributed by atoms with Crippen molar-refractivity contribution in [2.75, 3.05) is 10.0 Å². The van der Waals surface area contributed by atoms with Crippen LogP contribution in [0, 0.1) is 0 Å². The normalized spacial score (nSPS) is 11.5. The van der Waals surface area contributed by atoms with Crippen LogP contribution < -0.4 is 10.0 Å². The maximum absolute atomic E-state index is 13.2. The Morgan fingerprint density at radius 2 is 1.48 bits per heavy atom. The highest BCUT2D eigenvalue weighted by Crippen LogP contribution is 2.26. The molecular formula is C23H18N6O3S. The van der Waals surface area contributed by atoms with Crippen LogP contribution in [0.15, 0.2) is 84.0 Å². The van der Waals surface area contributed by atoms with Crippen LogP contribution >= 0.6 is 0 Å². The Balaban J connectivity index is 1.61. The molecule has 164 valence electrons. The predicted molar refractivity (Wildman–Crippen MR) is 126 cm³/mol. The van der Waals surface area contributed by atoms with Crippen LogP contribution in [0.25, 0.3) is 27.9 Å². The van der Waals surface area contributed by atoms with E-state index >= 15 is 0 Å². The number of carbonyl (C=O) groups excluding carboxylic acids is 1. The van der Waals surface area contributed by atoms with Gasteiger partial charge in [0.15, 0.2) is 11.6 Å². The smallest absolute Gasteiger partial charge is 0.263 e. The lowest BCUT2D eigenvalue weighted by Crippen LogP contribution is -2.17. The van der Waals surface area contributed by atoms with Crippen molar-refractivity contribution in [3.8, 4) is 5.82 Å². The van der Waals surface area contributed by atoms with E-state index in [1.165, 1.54) is 31.2 Å². The highest BCUT2D eigenvalue weighted by molar-refractivity contribution is 7.92. The van der Waals surface area contributed by atoms with Gasteiger partial charge in [-0.15, -0.1) is 0 Å². The molecule has 0 fully saturated rings. The minimum absolute atomic E-state index is 0.0213. The van der Waals surface area contributed by atoms with Gasteiger partial charge in [-0.1, -0.05) is 24.3 Å². The third kappa shape index (κ3) is 3.99. The van der Waals surface area contributed by atoms with E-state index in [0.717, 1.165) is 11.0 Å². The lowest BCUT2D eigenvalue weighted by Gasteiger charge is -2.14. The Morgan fingerprint density at radius 3 is 2.18 bits per heavy atom. The number of imidazole rings is 1. The standard InChI is InChI=1S/C23H18N6O3S/c1-15(30)25-16-10-12-17(13-11-16)33(31,32)28-22-23(27-19-7-3-2-6-18(19)26-22)29-14-24-20-8-4-5-9-21(20)29/h2-14H,1H3,(H,25,30)(H,26,28). The molecular weight excluding hydrogens is 440 g/mol. The Kier molecular flexibility index (Phi) is 4.98. The van der Waals surface area contributed by atoms with Crippen molar-refractivity contribution in [1.29, 1.82) is 0 Å². The predicted octanol–water partition coefficient (Wildman–Crippen LogP) is 3.73. The number of amides is 1. The van der Waals surface area contributed by atoms with Crippen LogP contribution in [0.1, 0.15) is 6.92 Å². The first kappa shape index (κ1) is 20.6. The summed E-state index contributed by atoms with van der Waals surface area (Å²) >= 11 is 0. The fourth-order valence-electron chi connectivity index (χ4n) is 3.46. The molecule has 0 bridgehead atoms. The molecule has 0 radical (unpaired) electrons. The number of sulfonamides is 1. The van der Waals surface area contributed by atoms with Crippen molar-refractivity contribution in [2.24, 2.45) is 0 Å². The summed E-state index contributed by atoms with van der Waals surface area (Å²) in [5, 5.41) is 2.61. The van der Waals surface area contributed by atoms with E-state index in [4.69, 9.17) is 0 Å². The second kappa shape index (κ2) is 7.99. The molecule has 0 spiro atoms. The second-order valence-corrected chi connectivity index (χ2v) is 8.98. The number of nitrogens with zero attached hydrogens (tertiary/aromatic N) is 4.